The molecule has 0 saturated carbocycles. The molecule has 2 aromatic rings. The van der Waals surface area contributed by atoms with E-state index < -0.39 is 11.9 Å². The van der Waals surface area contributed by atoms with Gasteiger partial charge in [-0.15, -0.1) is 0 Å². The number of aromatic nitrogens is 1. The lowest BCUT2D eigenvalue weighted by molar-refractivity contribution is -0.115. The second-order valence-corrected chi connectivity index (χ2v) is 4.62. The quantitative estimate of drug-likeness (QED) is 0.875. The zero-order valence-electron chi connectivity index (χ0n) is 11.2. The zero-order valence-corrected chi connectivity index (χ0v) is 11.2. The van der Waals surface area contributed by atoms with Crippen molar-refractivity contribution in [1.29, 1.82) is 0 Å². The van der Waals surface area contributed by atoms with E-state index in [9.17, 15) is 13.6 Å². The van der Waals surface area contributed by atoms with Gasteiger partial charge in [-0.2, -0.15) is 13.8 Å². The van der Waals surface area contributed by atoms with E-state index in [0.29, 0.717) is 0 Å². The summed E-state index contributed by atoms with van der Waals surface area (Å²) in [5.41, 5.74) is 2.94. The molecule has 0 unspecified atom stereocenters. The number of nitrogens with one attached hydrogen (secondary N) is 1. The Morgan fingerprint density at radius 3 is 2.55 bits per heavy atom. The summed E-state index contributed by atoms with van der Waals surface area (Å²) in [5, 5.41) is 2.38. The highest BCUT2D eigenvalue weighted by Gasteiger charge is 2.10. The summed E-state index contributed by atoms with van der Waals surface area (Å²) in [6.07, 6.45) is 0.123. The number of rotatable bonds is 3. The number of anilines is 1. The van der Waals surface area contributed by atoms with E-state index in [1.165, 1.54) is 0 Å². The Bertz CT molecular complexity index is 656. The number of amides is 1. The summed E-state index contributed by atoms with van der Waals surface area (Å²) in [6, 6.07) is 7.83. The lowest BCUT2D eigenvalue weighted by Gasteiger charge is -2.07. The van der Waals surface area contributed by atoms with E-state index in [1.807, 2.05) is 32.0 Å². The highest BCUT2D eigenvalue weighted by molar-refractivity contribution is 5.92. The third kappa shape index (κ3) is 3.38. The Morgan fingerprint density at radius 2 is 1.90 bits per heavy atom. The summed E-state index contributed by atoms with van der Waals surface area (Å²) in [7, 11) is 0. The van der Waals surface area contributed by atoms with Crippen molar-refractivity contribution in [2.45, 2.75) is 20.3 Å². The monoisotopic (exact) mass is 276 g/mol. The first-order chi connectivity index (χ1) is 9.45. The number of carbonyl (C=O) groups is 1. The van der Waals surface area contributed by atoms with Gasteiger partial charge in [-0.05, 0) is 42.7 Å². The fourth-order valence-corrected chi connectivity index (χ4v) is 1.80. The van der Waals surface area contributed by atoms with Gasteiger partial charge < -0.3 is 5.32 Å². The Morgan fingerprint density at radius 1 is 1.15 bits per heavy atom. The Kier molecular flexibility index (Phi) is 4.08. The molecule has 2 rings (SSSR count). The average molecular weight is 276 g/mol. The van der Waals surface area contributed by atoms with Crippen LogP contribution in [0.1, 0.15) is 16.7 Å². The van der Waals surface area contributed by atoms with Crippen LogP contribution in [-0.2, 0) is 11.2 Å². The van der Waals surface area contributed by atoms with Crippen LogP contribution in [-0.4, -0.2) is 10.9 Å². The Balaban J connectivity index is 2.07. The molecule has 1 N–H and O–H groups in total. The van der Waals surface area contributed by atoms with Crippen LogP contribution < -0.4 is 5.32 Å². The van der Waals surface area contributed by atoms with Gasteiger partial charge in [-0.3, -0.25) is 4.79 Å². The molecule has 20 heavy (non-hydrogen) atoms. The van der Waals surface area contributed by atoms with Gasteiger partial charge in [-0.1, -0.05) is 18.2 Å². The van der Waals surface area contributed by atoms with Crippen molar-refractivity contribution in [1.82, 2.24) is 4.98 Å². The molecule has 1 heterocycles. The third-order valence-electron chi connectivity index (χ3n) is 3.02. The maximum atomic E-state index is 13.3. The van der Waals surface area contributed by atoms with Gasteiger partial charge in [0, 0.05) is 0 Å². The minimum Gasteiger partial charge on any atom is -0.322 e. The molecule has 5 heteroatoms. The maximum absolute atomic E-state index is 13.3. The Hall–Kier alpha value is -2.30. The van der Waals surface area contributed by atoms with Crippen molar-refractivity contribution in [3.63, 3.8) is 0 Å². The van der Waals surface area contributed by atoms with Crippen LogP contribution in [0.4, 0.5) is 14.5 Å². The van der Waals surface area contributed by atoms with Gasteiger partial charge in [0.05, 0.1) is 12.1 Å². The summed E-state index contributed by atoms with van der Waals surface area (Å²) in [6.45, 7) is 3.94. The fraction of sp³-hybridized carbons (Fsp3) is 0.200. The number of hydrogen-bond donors (Lipinski definition) is 1. The number of aryl methyl sites for hydroxylation is 2. The molecule has 0 radical (unpaired) electrons. The standard InChI is InChI=1S/C15H14F2N2O/c1-9-3-4-11(7-10(9)2)8-14(20)18-12-5-6-13(16)19-15(12)17/h3-7H,8H2,1-2H3,(H,18,20). The predicted octanol–water partition coefficient (Wildman–Crippen LogP) is 3.16. The third-order valence-corrected chi connectivity index (χ3v) is 3.02. The van der Waals surface area contributed by atoms with E-state index in [0.717, 1.165) is 28.8 Å². The topological polar surface area (TPSA) is 42.0 Å². The van der Waals surface area contributed by atoms with Gasteiger partial charge in [0.15, 0.2) is 0 Å². The summed E-state index contributed by atoms with van der Waals surface area (Å²) in [5.74, 6) is -2.33. The van der Waals surface area contributed by atoms with Crippen LogP contribution >= 0.6 is 0 Å². The average Bonchev–Trinajstić information content (AvgIpc) is 2.37. The van der Waals surface area contributed by atoms with E-state index >= 15 is 0 Å². The lowest BCUT2D eigenvalue weighted by atomic mass is 10.0. The van der Waals surface area contributed by atoms with Crippen LogP contribution in [0.5, 0.6) is 0 Å². The van der Waals surface area contributed by atoms with Crippen molar-refractivity contribution in [2.24, 2.45) is 0 Å². The fourth-order valence-electron chi connectivity index (χ4n) is 1.80. The van der Waals surface area contributed by atoms with Gasteiger partial charge >= 0.3 is 0 Å². The first kappa shape index (κ1) is 14.1. The molecule has 1 aromatic carbocycles. The van der Waals surface area contributed by atoms with Crippen LogP contribution in [0.25, 0.3) is 0 Å². The van der Waals surface area contributed by atoms with E-state index in [4.69, 9.17) is 0 Å². The molecule has 3 nitrogen and oxygen atoms in total. The number of nitrogens with zero attached hydrogens (tertiary/aromatic N) is 1. The molecule has 0 saturated heterocycles. The maximum Gasteiger partial charge on any atom is 0.239 e. The normalized spacial score (nSPS) is 10.4. The second-order valence-electron chi connectivity index (χ2n) is 4.62. The molecule has 0 bridgehead atoms. The SMILES string of the molecule is Cc1ccc(CC(=O)Nc2ccc(F)nc2F)cc1C. The number of halogens is 2. The highest BCUT2D eigenvalue weighted by Crippen LogP contribution is 2.14. The van der Waals surface area contributed by atoms with Crippen LogP contribution in [0, 0.1) is 25.7 Å². The van der Waals surface area contributed by atoms with Crippen molar-refractivity contribution in [3.8, 4) is 0 Å². The predicted molar refractivity (Wildman–Crippen MR) is 72.4 cm³/mol. The highest BCUT2D eigenvalue weighted by atomic mass is 19.1. The summed E-state index contributed by atoms with van der Waals surface area (Å²) >= 11 is 0. The van der Waals surface area contributed by atoms with Gasteiger partial charge in [0.25, 0.3) is 0 Å². The van der Waals surface area contributed by atoms with E-state index in [2.05, 4.69) is 10.3 Å². The molecule has 0 spiro atoms. The summed E-state index contributed by atoms with van der Waals surface area (Å²) < 4.78 is 26.0. The molecule has 1 aromatic heterocycles. The Labute approximate surface area is 115 Å². The van der Waals surface area contributed by atoms with Gasteiger partial charge in [0.2, 0.25) is 17.8 Å². The van der Waals surface area contributed by atoms with Crippen molar-refractivity contribution in [2.75, 3.05) is 5.32 Å². The molecule has 0 fully saturated rings. The first-order valence-electron chi connectivity index (χ1n) is 6.14. The van der Waals surface area contributed by atoms with Crippen LogP contribution in [0.15, 0.2) is 30.3 Å². The molecule has 0 aliphatic carbocycles. The smallest absolute Gasteiger partial charge is 0.239 e. The second kappa shape index (κ2) is 5.77. The zero-order chi connectivity index (χ0) is 14.7. The van der Waals surface area contributed by atoms with Crippen LogP contribution in [0.2, 0.25) is 0 Å². The largest absolute Gasteiger partial charge is 0.322 e. The minimum atomic E-state index is -1.03. The first-order valence-corrected chi connectivity index (χ1v) is 6.14. The summed E-state index contributed by atoms with van der Waals surface area (Å²) in [4.78, 5) is 14.8. The molecular weight excluding hydrogens is 262 g/mol. The lowest BCUT2D eigenvalue weighted by Crippen LogP contribution is -2.16. The van der Waals surface area contributed by atoms with Crippen LogP contribution in [0.3, 0.4) is 0 Å². The van der Waals surface area contributed by atoms with Gasteiger partial charge in [0.1, 0.15) is 0 Å². The molecule has 0 atom stereocenters. The van der Waals surface area contributed by atoms with E-state index in [1.54, 1.807) is 0 Å². The van der Waals surface area contributed by atoms with Crippen molar-refractivity contribution < 1.29 is 13.6 Å². The number of pyridine rings is 1. The molecule has 104 valence electrons. The number of carbonyl (C=O) groups excluding carboxylic acids is 1. The minimum absolute atomic E-state index is 0.123. The molecule has 1 amide bonds. The molecular formula is C15H14F2N2O. The van der Waals surface area contributed by atoms with Crippen molar-refractivity contribution >= 4 is 11.6 Å². The molecule has 0 aliphatic rings. The number of benzene rings is 1. The molecule has 0 aliphatic heterocycles. The number of hydrogen-bond acceptors (Lipinski definition) is 2. The van der Waals surface area contributed by atoms with Gasteiger partial charge in [-0.25, -0.2) is 0 Å². The van der Waals surface area contributed by atoms with E-state index in [-0.39, 0.29) is 18.0 Å². The van der Waals surface area contributed by atoms with Crippen molar-refractivity contribution in [3.05, 3.63) is 58.9 Å².